The summed E-state index contributed by atoms with van der Waals surface area (Å²) < 4.78 is 5.55. The number of carbonyl (C=O) groups excluding carboxylic acids is 1. The average Bonchev–Trinajstić information content (AvgIpc) is 3.00. The highest BCUT2D eigenvalue weighted by molar-refractivity contribution is 5.84. The molecule has 1 aromatic heterocycles. The number of para-hydroxylation sites is 1. The summed E-state index contributed by atoms with van der Waals surface area (Å²) in [5.41, 5.74) is 6.77. The van der Waals surface area contributed by atoms with Crippen LogP contribution in [0.2, 0.25) is 0 Å². The molecule has 0 bridgehead atoms. The van der Waals surface area contributed by atoms with Crippen LogP contribution < -0.4 is 16.0 Å². The maximum atomic E-state index is 12.5. The first-order valence-corrected chi connectivity index (χ1v) is 8.11. The zero-order chi connectivity index (χ0) is 17.6. The number of amides is 1. The van der Waals surface area contributed by atoms with Crippen molar-refractivity contribution in [3.63, 3.8) is 0 Å². The Hall–Kier alpha value is -2.87. The Morgan fingerprint density at radius 1 is 1.44 bits per heavy atom. The fraction of sp³-hybridized carbons (Fsp3) is 0.353. The molecule has 2 aliphatic heterocycles. The molecular weight excluding hydrogens is 324 g/mol. The number of rotatable bonds is 3. The van der Waals surface area contributed by atoms with E-state index in [1.807, 2.05) is 12.1 Å². The molecule has 25 heavy (non-hydrogen) atoms. The number of nitrogens with two attached hydrogens (primary N) is 1. The van der Waals surface area contributed by atoms with Crippen LogP contribution in [0, 0.1) is 0 Å². The number of likely N-dealkylation sites (tertiary alicyclic amines) is 1. The number of hydrogen-bond acceptors (Lipinski definition) is 6. The minimum atomic E-state index is -1.26. The highest BCUT2D eigenvalue weighted by Crippen LogP contribution is 2.35. The van der Waals surface area contributed by atoms with Crippen molar-refractivity contribution in [3.05, 3.63) is 51.6 Å². The van der Waals surface area contributed by atoms with Crippen molar-refractivity contribution in [2.75, 3.05) is 25.4 Å². The number of ether oxygens (including phenoxy) is 1. The first kappa shape index (κ1) is 15.6. The van der Waals surface area contributed by atoms with Gasteiger partial charge in [-0.3, -0.25) is 9.59 Å². The minimum Gasteiger partial charge on any atom is -0.493 e. The van der Waals surface area contributed by atoms with Crippen LogP contribution >= 0.6 is 0 Å². The summed E-state index contributed by atoms with van der Waals surface area (Å²) in [6.45, 7) is 1.31. The fourth-order valence-corrected chi connectivity index (χ4v) is 3.28. The number of anilines is 1. The second kappa shape index (κ2) is 5.89. The molecule has 4 rings (SSSR count). The van der Waals surface area contributed by atoms with Crippen molar-refractivity contribution >= 4 is 11.7 Å². The van der Waals surface area contributed by atoms with Gasteiger partial charge in [-0.05, 0) is 5.56 Å². The Labute approximate surface area is 143 Å². The lowest BCUT2D eigenvalue weighted by Gasteiger charge is -2.39. The Balaban J connectivity index is 1.47. The monoisotopic (exact) mass is 342 g/mol. The van der Waals surface area contributed by atoms with Gasteiger partial charge in [0.05, 0.1) is 12.5 Å². The zero-order valence-electron chi connectivity index (χ0n) is 13.4. The lowest BCUT2D eigenvalue weighted by molar-refractivity contribution is -0.145. The third-order valence-electron chi connectivity index (χ3n) is 4.63. The van der Waals surface area contributed by atoms with Crippen molar-refractivity contribution in [1.29, 1.82) is 0 Å². The maximum absolute atomic E-state index is 12.5. The molecule has 1 unspecified atom stereocenters. The van der Waals surface area contributed by atoms with Gasteiger partial charge >= 0.3 is 0 Å². The highest BCUT2D eigenvalue weighted by Gasteiger charge is 2.37. The van der Waals surface area contributed by atoms with Crippen molar-refractivity contribution in [3.8, 4) is 5.75 Å². The molecule has 1 fully saturated rings. The summed E-state index contributed by atoms with van der Waals surface area (Å²) in [5.74, 6) is 0.756. The van der Waals surface area contributed by atoms with Gasteiger partial charge < -0.3 is 25.5 Å². The van der Waals surface area contributed by atoms with Crippen LogP contribution in [0.15, 0.2) is 29.1 Å². The Morgan fingerprint density at radius 3 is 3.00 bits per heavy atom. The number of nitrogens with one attached hydrogen (secondary N) is 1. The Morgan fingerprint density at radius 2 is 2.24 bits per heavy atom. The third-order valence-corrected chi connectivity index (χ3v) is 4.63. The van der Waals surface area contributed by atoms with Crippen molar-refractivity contribution in [2.24, 2.45) is 0 Å². The van der Waals surface area contributed by atoms with Crippen LogP contribution in [0.25, 0.3) is 0 Å². The zero-order valence-corrected chi connectivity index (χ0v) is 13.4. The van der Waals surface area contributed by atoms with E-state index in [1.165, 1.54) is 11.0 Å². The topological polar surface area (TPSA) is 122 Å². The van der Waals surface area contributed by atoms with Gasteiger partial charge in [-0.2, -0.15) is 0 Å². The summed E-state index contributed by atoms with van der Waals surface area (Å²) in [4.78, 5) is 32.3. The van der Waals surface area contributed by atoms with Crippen LogP contribution in [0.3, 0.4) is 0 Å². The quantitative estimate of drug-likeness (QED) is 0.719. The van der Waals surface area contributed by atoms with Crippen molar-refractivity contribution in [2.45, 2.75) is 18.4 Å². The number of aliphatic hydroxyl groups excluding tert-OH is 1. The summed E-state index contributed by atoms with van der Waals surface area (Å²) in [7, 11) is 0. The number of aliphatic hydroxyl groups is 1. The number of nitrogen functional groups attached to an aromatic ring is 1. The van der Waals surface area contributed by atoms with E-state index >= 15 is 0 Å². The highest BCUT2D eigenvalue weighted by atomic mass is 16.5. The fourth-order valence-electron chi connectivity index (χ4n) is 3.28. The van der Waals surface area contributed by atoms with Gasteiger partial charge in [-0.15, -0.1) is 0 Å². The van der Waals surface area contributed by atoms with Crippen LogP contribution in [0.1, 0.15) is 29.0 Å². The van der Waals surface area contributed by atoms with Gasteiger partial charge in [0.1, 0.15) is 17.4 Å². The number of benzene rings is 1. The normalized spacial score (nSPS) is 17.6. The van der Waals surface area contributed by atoms with Gasteiger partial charge in [0.15, 0.2) is 6.10 Å². The number of H-pyrrole nitrogens is 1. The standard InChI is InChI=1S/C17H18N4O4/c18-12-6-13(22)20-16(19-12)10-7-21(8-10)17(24)14(23)11-3-1-2-9-4-5-25-15(9)11/h1-3,6,10,14,23H,4-5,7-8H2,(H3,18,19,20,22). The van der Waals surface area contributed by atoms with Crippen LogP contribution in [0.5, 0.6) is 5.75 Å². The lowest BCUT2D eigenvalue weighted by atomic mass is 9.96. The van der Waals surface area contributed by atoms with E-state index in [2.05, 4.69) is 9.97 Å². The van der Waals surface area contributed by atoms with E-state index in [9.17, 15) is 14.7 Å². The van der Waals surface area contributed by atoms with Crippen molar-refractivity contribution in [1.82, 2.24) is 14.9 Å². The first-order chi connectivity index (χ1) is 12.0. The van der Waals surface area contributed by atoms with E-state index < -0.39 is 6.10 Å². The number of aromatic amines is 1. The van der Waals surface area contributed by atoms with Gasteiger partial charge in [0.2, 0.25) is 0 Å². The number of fused-ring (bicyclic) bond motifs is 1. The molecule has 4 N–H and O–H groups in total. The number of carbonyl (C=O) groups is 1. The predicted molar refractivity (Wildman–Crippen MR) is 89.2 cm³/mol. The smallest absolute Gasteiger partial charge is 0.256 e. The molecule has 1 aromatic carbocycles. The third kappa shape index (κ3) is 2.74. The van der Waals surface area contributed by atoms with Gasteiger partial charge in [0.25, 0.3) is 11.5 Å². The van der Waals surface area contributed by atoms with E-state index in [1.54, 1.807) is 6.07 Å². The molecule has 1 atom stereocenters. The molecule has 0 aliphatic carbocycles. The molecule has 8 nitrogen and oxygen atoms in total. The second-order valence-corrected chi connectivity index (χ2v) is 6.33. The van der Waals surface area contributed by atoms with Gasteiger partial charge in [-0.25, -0.2) is 4.98 Å². The molecule has 2 aliphatic rings. The molecule has 8 heteroatoms. The van der Waals surface area contributed by atoms with Gasteiger partial charge in [-0.1, -0.05) is 18.2 Å². The molecule has 3 heterocycles. The SMILES string of the molecule is Nc1cc(=O)[nH]c(C2CN(C(=O)C(O)c3cccc4c3OCC4)C2)n1. The molecule has 2 aromatic rings. The molecular formula is C17H18N4O4. The molecule has 130 valence electrons. The van der Waals surface area contributed by atoms with Crippen molar-refractivity contribution < 1.29 is 14.6 Å². The first-order valence-electron chi connectivity index (χ1n) is 8.11. The second-order valence-electron chi connectivity index (χ2n) is 6.33. The van der Waals surface area contributed by atoms with Crippen LogP contribution in [0.4, 0.5) is 5.82 Å². The molecule has 0 saturated carbocycles. The summed E-state index contributed by atoms with van der Waals surface area (Å²) >= 11 is 0. The number of aromatic nitrogens is 2. The van der Waals surface area contributed by atoms with E-state index in [4.69, 9.17) is 10.5 Å². The largest absolute Gasteiger partial charge is 0.493 e. The summed E-state index contributed by atoms with van der Waals surface area (Å²) in [6, 6.07) is 6.68. The Bertz CT molecular complexity index is 888. The van der Waals surface area contributed by atoms with Crippen LogP contribution in [-0.4, -0.2) is 45.6 Å². The number of nitrogens with zero attached hydrogens (tertiary/aromatic N) is 2. The minimum absolute atomic E-state index is 0.0925. The van der Waals surface area contributed by atoms with E-state index in [0.717, 1.165) is 12.0 Å². The average molecular weight is 342 g/mol. The van der Waals surface area contributed by atoms with Gasteiger partial charge in [0, 0.05) is 31.1 Å². The summed E-state index contributed by atoms with van der Waals surface area (Å²) in [5, 5.41) is 10.5. The molecule has 1 amide bonds. The van der Waals surface area contributed by atoms with Crippen LogP contribution in [-0.2, 0) is 11.2 Å². The summed E-state index contributed by atoms with van der Waals surface area (Å²) in [6.07, 6.45) is -0.480. The molecule has 0 radical (unpaired) electrons. The molecule has 0 spiro atoms. The molecule has 1 saturated heterocycles. The predicted octanol–water partition coefficient (Wildman–Crippen LogP) is -0.0536. The Kier molecular flexibility index (Phi) is 3.69. The lowest BCUT2D eigenvalue weighted by Crippen LogP contribution is -2.51. The maximum Gasteiger partial charge on any atom is 0.256 e. The van der Waals surface area contributed by atoms with E-state index in [-0.39, 0.29) is 23.2 Å². The van der Waals surface area contributed by atoms with E-state index in [0.29, 0.717) is 36.8 Å². The number of hydrogen-bond donors (Lipinski definition) is 3.